The van der Waals surface area contributed by atoms with Crippen LogP contribution in [0.3, 0.4) is 0 Å². The van der Waals surface area contributed by atoms with Crippen LogP contribution in [0.4, 0.5) is 0 Å². The summed E-state index contributed by atoms with van der Waals surface area (Å²) in [5, 5.41) is 15.7. The summed E-state index contributed by atoms with van der Waals surface area (Å²) in [5.41, 5.74) is 3.59. The van der Waals surface area contributed by atoms with Crippen molar-refractivity contribution in [3.63, 3.8) is 0 Å². The summed E-state index contributed by atoms with van der Waals surface area (Å²) in [4.78, 5) is 12.1. The van der Waals surface area contributed by atoms with E-state index in [9.17, 15) is 4.79 Å². The van der Waals surface area contributed by atoms with Gasteiger partial charge in [-0.3, -0.25) is 4.79 Å². The number of hydrogen-bond acceptors (Lipinski definition) is 6. The van der Waals surface area contributed by atoms with Gasteiger partial charge in [-0.2, -0.15) is 4.52 Å². The molecule has 1 N–H and O–H groups in total. The third kappa shape index (κ3) is 4.98. The van der Waals surface area contributed by atoms with Gasteiger partial charge in [0.1, 0.15) is 12.4 Å². The Morgan fingerprint density at radius 1 is 1.06 bits per heavy atom. The average Bonchev–Trinajstić information content (AvgIpc) is 3.22. The van der Waals surface area contributed by atoms with E-state index in [2.05, 4.69) is 20.6 Å². The number of ether oxygens (including phenoxy) is 2. The standard InChI is InChI=1S/C23H23N5O3/c1-16-6-8-17(9-7-16)14-21(29)24-12-13-31-22-11-10-20-25-26-23(28(20)27-22)18-4-3-5-19(15-18)30-2/h3-11,15H,12-14H2,1-2H3,(H,24,29). The Bertz CT molecular complexity index is 1190. The molecule has 0 spiro atoms. The molecule has 31 heavy (non-hydrogen) atoms. The molecule has 158 valence electrons. The fraction of sp³-hybridized carbons (Fsp3) is 0.217. The van der Waals surface area contributed by atoms with E-state index in [1.807, 2.05) is 55.5 Å². The van der Waals surface area contributed by atoms with Gasteiger partial charge in [-0.15, -0.1) is 15.3 Å². The van der Waals surface area contributed by atoms with Crippen molar-refractivity contribution >= 4 is 11.6 Å². The maximum atomic E-state index is 12.1. The molecule has 0 aliphatic heterocycles. The number of benzene rings is 2. The van der Waals surface area contributed by atoms with Crippen molar-refractivity contribution in [2.45, 2.75) is 13.3 Å². The third-order valence-corrected chi connectivity index (χ3v) is 4.73. The minimum absolute atomic E-state index is 0.0463. The first-order valence-corrected chi connectivity index (χ1v) is 9.94. The number of nitrogens with one attached hydrogen (secondary N) is 1. The monoisotopic (exact) mass is 417 g/mol. The van der Waals surface area contributed by atoms with Crippen molar-refractivity contribution in [1.82, 2.24) is 25.1 Å². The Kier molecular flexibility index (Phi) is 6.07. The van der Waals surface area contributed by atoms with Crippen molar-refractivity contribution < 1.29 is 14.3 Å². The quantitative estimate of drug-likeness (QED) is 0.444. The molecule has 0 radical (unpaired) electrons. The van der Waals surface area contributed by atoms with Gasteiger partial charge in [0.15, 0.2) is 11.5 Å². The van der Waals surface area contributed by atoms with Gasteiger partial charge in [-0.25, -0.2) is 0 Å². The summed E-state index contributed by atoms with van der Waals surface area (Å²) >= 11 is 0. The number of carbonyl (C=O) groups is 1. The van der Waals surface area contributed by atoms with E-state index in [0.717, 1.165) is 16.9 Å². The highest BCUT2D eigenvalue weighted by atomic mass is 16.5. The fourth-order valence-corrected chi connectivity index (χ4v) is 3.09. The summed E-state index contributed by atoms with van der Waals surface area (Å²) in [6.07, 6.45) is 0.342. The van der Waals surface area contributed by atoms with E-state index in [1.54, 1.807) is 23.8 Å². The highest BCUT2D eigenvalue weighted by Crippen LogP contribution is 2.23. The van der Waals surface area contributed by atoms with E-state index in [-0.39, 0.29) is 5.91 Å². The van der Waals surface area contributed by atoms with Crippen molar-refractivity contribution in [2.24, 2.45) is 0 Å². The number of aromatic nitrogens is 4. The summed E-state index contributed by atoms with van der Waals surface area (Å²) in [6, 6.07) is 19.0. The number of nitrogens with zero attached hydrogens (tertiary/aromatic N) is 4. The lowest BCUT2D eigenvalue weighted by atomic mass is 10.1. The largest absolute Gasteiger partial charge is 0.497 e. The van der Waals surface area contributed by atoms with Crippen LogP contribution in [-0.4, -0.2) is 46.0 Å². The molecule has 8 nitrogen and oxygen atoms in total. The van der Waals surface area contributed by atoms with E-state index < -0.39 is 0 Å². The van der Waals surface area contributed by atoms with Crippen LogP contribution in [0.15, 0.2) is 60.7 Å². The second-order valence-electron chi connectivity index (χ2n) is 7.06. The maximum absolute atomic E-state index is 12.1. The number of aryl methyl sites for hydroxylation is 1. The molecule has 0 bridgehead atoms. The molecular formula is C23H23N5O3. The Balaban J connectivity index is 1.35. The zero-order valence-electron chi connectivity index (χ0n) is 17.4. The third-order valence-electron chi connectivity index (χ3n) is 4.73. The first kappa shape index (κ1) is 20.3. The van der Waals surface area contributed by atoms with Gasteiger partial charge in [0.2, 0.25) is 11.8 Å². The Hall–Kier alpha value is -3.94. The van der Waals surface area contributed by atoms with Crippen LogP contribution in [0, 0.1) is 6.92 Å². The second-order valence-corrected chi connectivity index (χ2v) is 7.06. The number of amides is 1. The van der Waals surface area contributed by atoms with Crippen LogP contribution in [0.1, 0.15) is 11.1 Å². The Morgan fingerprint density at radius 3 is 2.71 bits per heavy atom. The fourth-order valence-electron chi connectivity index (χ4n) is 3.09. The molecule has 8 heteroatoms. The van der Waals surface area contributed by atoms with Crippen molar-refractivity contribution in [3.05, 3.63) is 71.8 Å². The molecule has 4 rings (SSSR count). The van der Waals surface area contributed by atoms with Crippen LogP contribution in [0.2, 0.25) is 0 Å². The van der Waals surface area contributed by atoms with Crippen LogP contribution in [0.5, 0.6) is 11.6 Å². The summed E-state index contributed by atoms with van der Waals surface area (Å²) in [7, 11) is 1.62. The topological polar surface area (TPSA) is 90.6 Å². The summed E-state index contributed by atoms with van der Waals surface area (Å²) in [5.74, 6) is 1.69. The highest BCUT2D eigenvalue weighted by molar-refractivity contribution is 5.78. The number of methoxy groups -OCH3 is 1. The molecular weight excluding hydrogens is 394 g/mol. The Labute approximate surface area is 179 Å². The molecule has 0 atom stereocenters. The SMILES string of the molecule is COc1cccc(-c2nnc3ccc(OCCNC(=O)Cc4ccc(C)cc4)nn23)c1. The van der Waals surface area contributed by atoms with Crippen LogP contribution in [0.25, 0.3) is 17.0 Å². The van der Waals surface area contributed by atoms with E-state index in [0.29, 0.717) is 36.9 Å². The lowest BCUT2D eigenvalue weighted by Gasteiger charge is -2.08. The first-order valence-electron chi connectivity index (χ1n) is 9.94. The predicted molar refractivity (Wildman–Crippen MR) is 116 cm³/mol. The zero-order valence-corrected chi connectivity index (χ0v) is 17.4. The first-order chi connectivity index (χ1) is 15.1. The smallest absolute Gasteiger partial charge is 0.231 e. The predicted octanol–water partition coefficient (Wildman–Crippen LogP) is 2.85. The molecule has 0 saturated heterocycles. The maximum Gasteiger partial charge on any atom is 0.231 e. The van der Waals surface area contributed by atoms with Gasteiger partial charge in [-0.1, -0.05) is 42.0 Å². The molecule has 2 heterocycles. The molecule has 0 fully saturated rings. The Morgan fingerprint density at radius 2 is 1.90 bits per heavy atom. The van der Waals surface area contributed by atoms with E-state index in [1.165, 1.54) is 5.56 Å². The molecule has 0 saturated carbocycles. The van der Waals surface area contributed by atoms with Crippen molar-refractivity contribution in [3.8, 4) is 23.0 Å². The van der Waals surface area contributed by atoms with Crippen LogP contribution < -0.4 is 14.8 Å². The number of rotatable bonds is 8. The van der Waals surface area contributed by atoms with Crippen LogP contribution in [-0.2, 0) is 11.2 Å². The van der Waals surface area contributed by atoms with Crippen molar-refractivity contribution in [2.75, 3.05) is 20.3 Å². The summed E-state index contributed by atoms with van der Waals surface area (Å²) < 4.78 is 12.6. The van der Waals surface area contributed by atoms with Gasteiger partial charge >= 0.3 is 0 Å². The van der Waals surface area contributed by atoms with Gasteiger partial charge in [0.25, 0.3) is 0 Å². The molecule has 1 amide bonds. The highest BCUT2D eigenvalue weighted by Gasteiger charge is 2.11. The van der Waals surface area contributed by atoms with Gasteiger partial charge in [0.05, 0.1) is 20.1 Å². The van der Waals surface area contributed by atoms with E-state index in [4.69, 9.17) is 9.47 Å². The molecule has 0 aliphatic rings. The minimum atomic E-state index is -0.0463. The number of fused-ring (bicyclic) bond motifs is 1. The molecule has 0 aliphatic carbocycles. The number of hydrogen-bond donors (Lipinski definition) is 1. The molecule has 0 unspecified atom stereocenters. The van der Waals surface area contributed by atoms with Gasteiger partial charge < -0.3 is 14.8 Å². The molecule has 2 aromatic heterocycles. The summed E-state index contributed by atoms with van der Waals surface area (Å²) in [6.45, 7) is 2.70. The van der Waals surface area contributed by atoms with Crippen LogP contribution >= 0.6 is 0 Å². The van der Waals surface area contributed by atoms with Gasteiger partial charge in [0, 0.05) is 11.6 Å². The normalized spacial score (nSPS) is 10.8. The zero-order chi connectivity index (χ0) is 21.6. The molecule has 4 aromatic rings. The second kappa shape index (κ2) is 9.25. The van der Waals surface area contributed by atoms with Gasteiger partial charge in [-0.05, 0) is 30.7 Å². The van der Waals surface area contributed by atoms with E-state index >= 15 is 0 Å². The average molecular weight is 417 g/mol. The number of carbonyl (C=O) groups excluding carboxylic acids is 1. The lowest BCUT2D eigenvalue weighted by Crippen LogP contribution is -2.29. The molecule has 2 aromatic carbocycles. The minimum Gasteiger partial charge on any atom is -0.497 e. The van der Waals surface area contributed by atoms with Crippen molar-refractivity contribution in [1.29, 1.82) is 0 Å². The lowest BCUT2D eigenvalue weighted by molar-refractivity contribution is -0.120.